The Labute approximate surface area is 80.3 Å². The molecule has 3 nitrogen and oxygen atoms in total. The number of hydrogen-bond donors (Lipinski definition) is 2. The van der Waals surface area contributed by atoms with Crippen LogP contribution in [0.3, 0.4) is 0 Å². The molecule has 0 aromatic heterocycles. The predicted octanol–water partition coefficient (Wildman–Crippen LogP) is 1.68. The molecule has 74 valence electrons. The van der Waals surface area contributed by atoms with Crippen molar-refractivity contribution in [3.63, 3.8) is 0 Å². The molecular formula is C7H9ClF2N2O. The molecule has 0 heterocycles. The van der Waals surface area contributed by atoms with Gasteiger partial charge in [-0.05, 0) is 0 Å². The number of hydrazine groups is 1. The van der Waals surface area contributed by atoms with Crippen LogP contribution in [0, 0.1) is 11.6 Å². The van der Waals surface area contributed by atoms with Gasteiger partial charge in [-0.15, -0.1) is 12.4 Å². The van der Waals surface area contributed by atoms with E-state index in [1.54, 1.807) is 0 Å². The number of rotatable bonds is 2. The van der Waals surface area contributed by atoms with Gasteiger partial charge in [0.1, 0.15) is 5.75 Å². The smallest absolute Gasteiger partial charge is 0.162 e. The summed E-state index contributed by atoms with van der Waals surface area (Å²) in [6, 6.07) is 1.85. The van der Waals surface area contributed by atoms with E-state index < -0.39 is 11.6 Å². The molecule has 0 amide bonds. The van der Waals surface area contributed by atoms with Crippen molar-refractivity contribution in [2.75, 3.05) is 12.5 Å². The Kier molecular flexibility index (Phi) is 4.44. The van der Waals surface area contributed by atoms with E-state index in [1.807, 2.05) is 0 Å². The molecule has 0 bridgehead atoms. The molecular weight excluding hydrogens is 202 g/mol. The molecule has 3 N–H and O–H groups in total. The first-order chi connectivity index (χ1) is 5.69. The predicted molar refractivity (Wildman–Crippen MR) is 48.0 cm³/mol. The zero-order valence-electron chi connectivity index (χ0n) is 6.80. The van der Waals surface area contributed by atoms with Crippen LogP contribution in [0.15, 0.2) is 12.1 Å². The number of anilines is 1. The van der Waals surface area contributed by atoms with Gasteiger partial charge in [-0.25, -0.2) is 8.78 Å². The third kappa shape index (κ3) is 2.43. The minimum atomic E-state index is -0.969. The molecule has 0 aliphatic rings. The van der Waals surface area contributed by atoms with Gasteiger partial charge < -0.3 is 10.2 Å². The average Bonchev–Trinajstić information content (AvgIpc) is 2.09. The Bertz CT molecular complexity index is 267. The van der Waals surface area contributed by atoms with Crippen LogP contribution in [0.1, 0.15) is 0 Å². The van der Waals surface area contributed by atoms with Crippen LogP contribution in [0.5, 0.6) is 5.75 Å². The van der Waals surface area contributed by atoms with Crippen molar-refractivity contribution in [2.24, 2.45) is 5.84 Å². The molecule has 0 fully saturated rings. The van der Waals surface area contributed by atoms with Crippen LogP contribution in [-0.2, 0) is 0 Å². The number of nitrogens with two attached hydrogens (primary N) is 1. The van der Waals surface area contributed by atoms with Gasteiger partial charge in [0.05, 0.1) is 12.8 Å². The second-order valence-electron chi connectivity index (χ2n) is 2.11. The highest BCUT2D eigenvalue weighted by Crippen LogP contribution is 2.25. The van der Waals surface area contributed by atoms with Crippen LogP contribution in [0.25, 0.3) is 0 Å². The Balaban J connectivity index is 0.00000144. The van der Waals surface area contributed by atoms with Gasteiger partial charge in [0.15, 0.2) is 11.6 Å². The standard InChI is InChI=1S/C7H8F2N2O.ClH/c1-12-7-3-5(9)4(8)2-6(7)11-10;/h2-3,11H,10H2,1H3;1H. The molecule has 0 saturated heterocycles. The normalized spacial score (nSPS) is 8.92. The highest BCUT2D eigenvalue weighted by Gasteiger charge is 2.08. The molecule has 0 atom stereocenters. The van der Waals surface area contributed by atoms with E-state index in [-0.39, 0.29) is 23.8 Å². The maximum absolute atomic E-state index is 12.6. The highest BCUT2D eigenvalue weighted by molar-refractivity contribution is 5.85. The van der Waals surface area contributed by atoms with Gasteiger partial charge >= 0.3 is 0 Å². The lowest BCUT2D eigenvalue weighted by atomic mass is 10.3. The third-order valence-corrected chi connectivity index (χ3v) is 1.40. The van der Waals surface area contributed by atoms with E-state index in [4.69, 9.17) is 10.6 Å². The molecule has 1 rings (SSSR count). The first kappa shape index (κ1) is 11.9. The van der Waals surface area contributed by atoms with Crippen LogP contribution >= 0.6 is 12.4 Å². The van der Waals surface area contributed by atoms with Gasteiger partial charge in [0.25, 0.3) is 0 Å². The second kappa shape index (κ2) is 4.84. The summed E-state index contributed by atoms with van der Waals surface area (Å²) in [5, 5.41) is 0. The average molecular weight is 211 g/mol. The number of benzene rings is 1. The molecule has 0 saturated carbocycles. The van der Waals surface area contributed by atoms with Crippen LogP contribution in [-0.4, -0.2) is 7.11 Å². The zero-order chi connectivity index (χ0) is 9.14. The van der Waals surface area contributed by atoms with Crippen molar-refractivity contribution >= 4 is 18.1 Å². The van der Waals surface area contributed by atoms with Gasteiger partial charge in [0.2, 0.25) is 0 Å². The van der Waals surface area contributed by atoms with Crippen LogP contribution in [0.2, 0.25) is 0 Å². The first-order valence-corrected chi connectivity index (χ1v) is 3.18. The molecule has 0 aliphatic heterocycles. The van der Waals surface area contributed by atoms with Crippen molar-refractivity contribution in [1.29, 1.82) is 0 Å². The van der Waals surface area contributed by atoms with Crippen LogP contribution < -0.4 is 16.0 Å². The summed E-state index contributed by atoms with van der Waals surface area (Å²) in [5.74, 6) is 3.25. The third-order valence-electron chi connectivity index (χ3n) is 1.40. The summed E-state index contributed by atoms with van der Waals surface area (Å²) in [7, 11) is 1.34. The van der Waals surface area contributed by atoms with E-state index >= 15 is 0 Å². The van der Waals surface area contributed by atoms with E-state index in [0.29, 0.717) is 0 Å². The van der Waals surface area contributed by atoms with Gasteiger partial charge in [-0.1, -0.05) is 0 Å². The lowest BCUT2D eigenvalue weighted by Crippen LogP contribution is -2.08. The van der Waals surface area contributed by atoms with Crippen molar-refractivity contribution < 1.29 is 13.5 Å². The quantitative estimate of drug-likeness (QED) is 0.577. The maximum Gasteiger partial charge on any atom is 0.162 e. The van der Waals surface area contributed by atoms with Gasteiger partial charge in [-0.2, -0.15) is 0 Å². The van der Waals surface area contributed by atoms with Crippen LogP contribution in [0.4, 0.5) is 14.5 Å². The van der Waals surface area contributed by atoms with Crippen molar-refractivity contribution in [2.45, 2.75) is 0 Å². The topological polar surface area (TPSA) is 47.3 Å². The molecule has 13 heavy (non-hydrogen) atoms. The molecule has 0 spiro atoms. The van der Waals surface area contributed by atoms with E-state index in [2.05, 4.69) is 5.43 Å². The zero-order valence-corrected chi connectivity index (χ0v) is 7.62. The Morgan fingerprint density at radius 2 is 1.85 bits per heavy atom. The lowest BCUT2D eigenvalue weighted by molar-refractivity contribution is 0.408. The SMILES string of the molecule is COc1cc(F)c(F)cc1NN.Cl. The summed E-state index contributed by atoms with van der Waals surface area (Å²) >= 11 is 0. The molecule has 1 aromatic carbocycles. The number of methoxy groups -OCH3 is 1. The minimum absolute atomic E-state index is 0. The molecule has 0 radical (unpaired) electrons. The summed E-state index contributed by atoms with van der Waals surface area (Å²) in [6.07, 6.45) is 0. The summed E-state index contributed by atoms with van der Waals surface area (Å²) in [6.45, 7) is 0. The number of nitrogen functional groups attached to an aromatic ring is 1. The number of halogens is 3. The van der Waals surface area contributed by atoms with Crippen molar-refractivity contribution in [3.8, 4) is 5.75 Å². The van der Waals surface area contributed by atoms with Gasteiger partial charge in [0, 0.05) is 12.1 Å². The van der Waals surface area contributed by atoms with E-state index in [9.17, 15) is 8.78 Å². The highest BCUT2D eigenvalue weighted by atomic mass is 35.5. The fourth-order valence-corrected chi connectivity index (χ4v) is 0.810. The monoisotopic (exact) mass is 210 g/mol. The second-order valence-corrected chi connectivity index (χ2v) is 2.11. The summed E-state index contributed by atoms with van der Waals surface area (Å²) < 4.78 is 29.8. The Hall–Kier alpha value is -1.07. The largest absolute Gasteiger partial charge is 0.494 e. The fourth-order valence-electron chi connectivity index (χ4n) is 0.810. The summed E-state index contributed by atoms with van der Waals surface area (Å²) in [5.41, 5.74) is 2.39. The lowest BCUT2D eigenvalue weighted by Gasteiger charge is -2.07. The Morgan fingerprint density at radius 3 is 2.31 bits per heavy atom. The van der Waals surface area contributed by atoms with E-state index in [0.717, 1.165) is 12.1 Å². The van der Waals surface area contributed by atoms with E-state index in [1.165, 1.54) is 7.11 Å². The number of hydrogen-bond acceptors (Lipinski definition) is 3. The Morgan fingerprint density at radius 1 is 1.31 bits per heavy atom. The summed E-state index contributed by atoms with van der Waals surface area (Å²) in [4.78, 5) is 0. The van der Waals surface area contributed by atoms with Crippen molar-refractivity contribution in [3.05, 3.63) is 23.8 Å². The van der Waals surface area contributed by atoms with Crippen molar-refractivity contribution in [1.82, 2.24) is 0 Å². The first-order valence-electron chi connectivity index (χ1n) is 3.18. The number of nitrogens with one attached hydrogen (secondary N) is 1. The number of ether oxygens (including phenoxy) is 1. The molecule has 0 unspecified atom stereocenters. The molecule has 1 aromatic rings. The van der Waals surface area contributed by atoms with Gasteiger partial charge in [-0.3, -0.25) is 5.84 Å². The maximum atomic E-state index is 12.6. The molecule has 6 heteroatoms. The minimum Gasteiger partial charge on any atom is -0.494 e. The molecule has 0 aliphatic carbocycles. The fraction of sp³-hybridized carbons (Fsp3) is 0.143.